The third kappa shape index (κ3) is 0.923. The van der Waals surface area contributed by atoms with Gasteiger partial charge in [0.15, 0.2) is 11.5 Å². The summed E-state index contributed by atoms with van der Waals surface area (Å²) >= 11 is 0. The Bertz CT molecular complexity index is 487. The predicted molar refractivity (Wildman–Crippen MR) is 53.9 cm³/mol. The van der Waals surface area contributed by atoms with Crippen molar-refractivity contribution >= 4 is 10.9 Å². The van der Waals surface area contributed by atoms with Gasteiger partial charge in [-0.1, -0.05) is 0 Å². The van der Waals surface area contributed by atoms with E-state index in [1.807, 2.05) is 19.3 Å². The summed E-state index contributed by atoms with van der Waals surface area (Å²) in [6, 6.07) is 6.10. The van der Waals surface area contributed by atoms with Crippen LogP contribution in [0.5, 0.6) is 11.5 Å². The van der Waals surface area contributed by atoms with Crippen LogP contribution in [0.15, 0.2) is 24.4 Å². The average molecular weight is 189 g/mol. The van der Waals surface area contributed by atoms with Crippen LogP contribution < -0.4 is 9.47 Å². The van der Waals surface area contributed by atoms with E-state index in [0.29, 0.717) is 13.2 Å². The molecular formula is C11H11NO2. The standard InChI is InChI=1S/C11H11NO2/c1-12-5-4-8-2-3-9-11(10(8)12)14-7-6-13-9/h2-5H,6-7H2,1H3. The summed E-state index contributed by atoms with van der Waals surface area (Å²) in [5.74, 6) is 1.73. The number of ether oxygens (including phenoxy) is 2. The fourth-order valence-electron chi connectivity index (χ4n) is 1.88. The first-order valence-electron chi connectivity index (χ1n) is 4.70. The molecule has 0 unspecified atom stereocenters. The highest BCUT2D eigenvalue weighted by atomic mass is 16.6. The molecule has 0 atom stereocenters. The summed E-state index contributed by atoms with van der Waals surface area (Å²) in [6.45, 7) is 1.28. The maximum Gasteiger partial charge on any atom is 0.185 e. The SMILES string of the molecule is Cn1ccc2ccc3c(c21)OCCO3. The van der Waals surface area contributed by atoms with Crippen molar-refractivity contribution in [1.29, 1.82) is 0 Å². The Balaban J connectivity index is 2.38. The highest BCUT2D eigenvalue weighted by Gasteiger charge is 2.16. The number of benzene rings is 1. The maximum absolute atomic E-state index is 5.63. The van der Waals surface area contributed by atoms with E-state index in [1.165, 1.54) is 5.39 Å². The van der Waals surface area contributed by atoms with E-state index in [-0.39, 0.29) is 0 Å². The second-order valence-electron chi connectivity index (χ2n) is 3.45. The summed E-state index contributed by atoms with van der Waals surface area (Å²) in [4.78, 5) is 0. The molecule has 72 valence electrons. The number of hydrogen-bond donors (Lipinski definition) is 0. The molecule has 1 aliphatic rings. The number of rotatable bonds is 0. The van der Waals surface area contributed by atoms with Gasteiger partial charge in [0.2, 0.25) is 0 Å². The zero-order chi connectivity index (χ0) is 9.54. The normalized spacial score (nSPS) is 14.6. The Labute approximate surface area is 81.8 Å². The number of aryl methyl sites for hydroxylation is 1. The molecule has 0 amide bonds. The third-order valence-electron chi connectivity index (χ3n) is 2.54. The largest absolute Gasteiger partial charge is 0.486 e. The second-order valence-corrected chi connectivity index (χ2v) is 3.45. The molecule has 14 heavy (non-hydrogen) atoms. The van der Waals surface area contributed by atoms with Gasteiger partial charge >= 0.3 is 0 Å². The fourth-order valence-corrected chi connectivity index (χ4v) is 1.88. The average Bonchev–Trinajstić information content (AvgIpc) is 2.61. The molecule has 0 spiro atoms. The van der Waals surface area contributed by atoms with Crippen LogP contribution in [0.3, 0.4) is 0 Å². The van der Waals surface area contributed by atoms with E-state index < -0.39 is 0 Å². The second kappa shape index (κ2) is 2.67. The molecule has 2 heterocycles. The van der Waals surface area contributed by atoms with Crippen molar-refractivity contribution in [3.8, 4) is 11.5 Å². The van der Waals surface area contributed by atoms with Gasteiger partial charge in [0.25, 0.3) is 0 Å². The van der Waals surface area contributed by atoms with Gasteiger partial charge in [0.05, 0.1) is 5.52 Å². The monoisotopic (exact) mass is 189 g/mol. The van der Waals surface area contributed by atoms with Crippen molar-refractivity contribution in [3.05, 3.63) is 24.4 Å². The van der Waals surface area contributed by atoms with E-state index in [9.17, 15) is 0 Å². The van der Waals surface area contributed by atoms with Crippen molar-refractivity contribution in [2.45, 2.75) is 0 Å². The molecule has 0 saturated carbocycles. The van der Waals surface area contributed by atoms with E-state index in [0.717, 1.165) is 17.0 Å². The first-order valence-corrected chi connectivity index (χ1v) is 4.70. The van der Waals surface area contributed by atoms with E-state index >= 15 is 0 Å². The first-order chi connectivity index (χ1) is 6.86. The van der Waals surface area contributed by atoms with Crippen molar-refractivity contribution < 1.29 is 9.47 Å². The van der Waals surface area contributed by atoms with Gasteiger partial charge in [-0.05, 0) is 18.2 Å². The van der Waals surface area contributed by atoms with Crippen LogP contribution in [0.2, 0.25) is 0 Å². The Morgan fingerprint density at radius 2 is 2.00 bits per heavy atom. The van der Waals surface area contributed by atoms with Crippen molar-refractivity contribution in [2.75, 3.05) is 13.2 Å². The number of aromatic nitrogens is 1. The number of hydrogen-bond acceptors (Lipinski definition) is 2. The molecular weight excluding hydrogens is 178 g/mol. The quantitative estimate of drug-likeness (QED) is 0.632. The molecule has 2 aromatic rings. The molecule has 0 N–H and O–H groups in total. The minimum Gasteiger partial charge on any atom is -0.486 e. The highest BCUT2D eigenvalue weighted by Crippen LogP contribution is 2.37. The van der Waals surface area contributed by atoms with Gasteiger partial charge in [-0.15, -0.1) is 0 Å². The molecule has 3 nitrogen and oxygen atoms in total. The fraction of sp³-hybridized carbons (Fsp3) is 0.273. The van der Waals surface area contributed by atoms with Crippen molar-refractivity contribution in [1.82, 2.24) is 4.57 Å². The molecule has 0 fully saturated rings. The predicted octanol–water partition coefficient (Wildman–Crippen LogP) is 1.95. The van der Waals surface area contributed by atoms with Crippen molar-refractivity contribution in [2.24, 2.45) is 7.05 Å². The van der Waals surface area contributed by atoms with Gasteiger partial charge in [-0.3, -0.25) is 0 Å². The lowest BCUT2D eigenvalue weighted by atomic mass is 10.2. The van der Waals surface area contributed by atoms with Crippen LogP contribution in [0.1, 0.15) is 0 Å². The number of fused-ring (bicyclic) bond motifs is 3. The molecule has 0 radical (unpaired) electrons. The van der Waals surface area contributed by atoms with E-state index in [2.05, 4.69) is 16.7 Å². The van der Waals surface area contributed by atoms with Gasteiger partial charge in [-0.2, -0.15) is 0 Å². The van der Waals surface area contributed by atoms with Crippen LogP contribution in [-0.4, -0.2) is 17.8 Å². The minimum atomic E-state index is 0.636. The zero-order valence-corrected chi connectivity index (χ0v) is 7.99. The first kappa shape index (κ1) is 7.74. The molecule has 3 heteroatoms. The van der Waals surface area contributed by atoms with Crippen LogP contribution in [0, 0.1) is 0 Å². The summed E-state index contributed by atoms with van der Waals surface area (Å²) in [5.41, 5.74) is 1.11. The van der Waals surface area contributed by atoms with Crippen molar-refractivity contribution in [3.63, 3.8) is 0 Å². The van der Waals surface area contributed by atoms with E-state index in [4.69, 9.17) is 9.47 Å². The summed E-state index contributed by atoms with van der Waals surface area (Å²) in [7, 11) is 2.01. The lowest BCUT2D eigenvalue weighted by Crippen LogP contribution is -2.15. The lowest BCUT2D eigenvalue weighted by Gasteiger charge is -2.19. The van der Waals surface area contributed by atoms with E-state index in [1.54, 1.807) is 0 Å². The van der Waals surface area contributed by atoms with Gasteiger partial charge < -0.3 is 14.0 Å². The molecule has 0 saturated heterocycles. The Morgan fingerprint density at radius 3 is 2.93 bits per heavy atom. The molecule has 1 aromatic heterocycles. The molecule has 1 aromatic carbocycles. The van der Waals surface area contributed by atoms with Crippen LogP contribution >= 0.6 is 0 Å². The highest BCUT2D eigenvalue weighted by molar-refractivity contribution is 5.88. The summed E-state index contributed by atoms with van der Waals surface area (Å²) < 4.78 is 13.2. The maximum atomic E-state index is 5.63. The zero-order valence-electron chi connectivity index (χ0n) is 7.99. The Hall–Kier alpha value is -1.64. The van der Waals surface area contributed by atoms with Gasteiger partial charge in [0, 0.05) is 18.6 Å². The molecule has 0 aliphatic carbocycles. The number of nitrogens with zero attached hydrogens (tertiary/aromatic N) is 1. The minimum absolute atomic E-state index is 0.636. The van der Waals surface area contributed by atoms with Crippen LogP contribution in [0.4, 0.5) is 0 Å². The molecule has 3 rings (SSSR count). The van der Waals surface area contributed by atoms with Gasteiger partial charge in [-0.25, -0.2) is 0 Å². The summed E-state index contributed by atoms with van der Waals surface area (Å²) in [5, 5.41) is 1.19. The third-order valence-corrected chi connectivity index (χ3v) is 2.54. The molecule has 1 aliphatic heterocycles. The smallest absolute Gasteiger partial charge is 0.185 e. The summed E-state index contributed by atoms with van der Waals surface area (Å²) in [6.07, 6.45) is 2.03. The Kier molecular flexibility index (Phi) is 1.48. The topological polar surface area (TPSA) is 23.4 Å². The van der Waals surface area contributed by atoms with Gasteiger partial charge in [0.1, 0.15) is 13.2 Å². The lowest BCUT2D eigenvalue weighted by molar-refractivity contribution is 0.173. The van der Waals surface area contributed by atoms with Crippen LogP contribution in [0.25, 0.3) is 10.9 Å². The Morgan fingerprint density at radius 1 is 1.14 bits per heavy atom. The van der Waals surface area contributed by atoms with Crippen LogP contribution in [-0.2, 0) is 7.05 Å². The molecule has 0 bridgehead atoms.